The van der Waals surface area contributed by atoms with E-state index in [0.29, 0.717) is 5.92 Å². The van der Waals surface area contributed by atoms with Crippen LogP contribution in [0.2, 0.25) is 0 Å². The number of hydrogen-bond donors (Lipinski definition) is 0. The van der Waals surface area contributed by atoms with Crippen LogP contribution in [0.3, 0.4) is 0 Å². The Hall–Kier alpha value is -3.49. The molecule has 9 nitrogen and oxygen atoms in total. The standard InChI is InChI=1S/C20H20N6O3/c1-12-3-5-13(6-4-12)14-7-15(8-14)26-20(28)29-16(23-26)9-25-11-22-18-17(19(25)27)24(2)10-21-18/h3-6,10-11,14-15H,7-9H2,1-2H3/i2D3. The molecule has 0 spiro atoms. The van der Waals surface area contributed by atoms with Crippen LogP contribution in [0.15, 0.2) is 50.9 Å². The third kappa shape index (κ3) is 2.98. The van der Waals surface area contributed by atoms with E-state index in [0.717, 1.165) is 28.3 Å². The summed E-state index contributed by atoms with van der Waals surface area (Å²) in [6, 6.07) is 8.29. The highest BCUT2D eigenvalue weighted by atomic mass is 16.4. The van der Waals surface area contributed by atoms with E-state index in [1.807, 2.05) is 6.92 Å². The summed E-state index contributed by atoms with van der Waals surface area (Å²) >= 11 is 0. The van der Waals surface area contributed by atoms with Crippen molar-refractivity contribution in [1.29, 1.82) is 0 Å². The Morgan fingerprint density at radius 3 is 2.69 bits per heavy atom. The van der Waals surface area contributed by atoms with Gasteiger partial charge in [-0.05, 0) is 31.2 Å². The van der Waals surface area contributed by atoms with Crippen LogP contribution < -0.4 is 11.3 Å². The van der Waals surface area contributed by atoms with Gasteiger partial charge in [0, 0.05) is 11.1 Å². The molecule has 0 aliphatic heterocycles. The molecule has 1 aliphatic carbocycles. The van der Waals surface area contributed by atoms with Gasteiger partial charge >= 0.3 is 5.76 Å². The van der Waals surface area contributed by atoms with Crippen LogP contribution >= 0.6 is 0 Å². The molecule has 1 saturated carbocycles. The molecule has 0 atom stereocenters. The predicted octanol–water partition coefficient (Wildman–Crippen LogP) is 1.76. The van der Waals surface area contributed by atoms with Gasteiger partial charge in [0.2, 0.25) is 5.89 Å². The number of aromatic nitrogens is 6. The molecule has 3 aromatic heterocycles. The van der Waals surface area contributed by atoms with Crippen molar-refractivity contribution in [2.75, 3.05) is 0 Å². The molecule has 5 rings (SSSR count). The highest BCUT2D eigenvalue weighted by Crippen LogP contribution is 2.43. The summed E-state index contributed by atoms with van der Waals surface area (Å²) < 4.78 is 31.2. The smallest absolute Gasteiger partial charge is 0.390 e. The lowest BCUT2D eigenvalue weighted by Crippen LogP contribution is -2.31. The number of rotatable bonds is 4. The zero-order valence-corrected chi connectivity index (χ0v) is 15.6. The van der Waals surface area contributed by atoms with Gasteiger partial charge in [-0.3, -0.25) is 9.36 Å². The molecular formula is C20H20N6O3. The van der Waals surface area contributed by atoms with Gasteiger partial charge in [0.15, 0.2) is 11.2 Å². The number of nitrogens with zero attached hydrogens (tertiary/aromatic N) is 6. The SMILES string of the molecule is [2H]C([2H])([2H])n1cnc2ncn(Cc3nn(C4CC(c5ccc(C)cc5)C4)c(=O)o3)c(=O)c21. The molecule has 0 saturated heterocycles. The van der Waals surface area contributed by atoms with E-state index in [-0.39, 0.29) is 29.6 Å². The lowest BCUT2D eigenvalue weighted by Gasteiger charge is -2.34. The van der Waals surface area contributed by atoms with Crippen LogP contribution in [0.4, 0.5) is 0 Å². The van der Waals surface area contributed by atoms with Crippen LogP contribution in [-0.4, -0.2) is 28.9 Å². The van der Waals surface area contributed by atoms with Gasteiger partial charge in [-0.25, -0.2) is 14.8 Å². The summed E-state index contributed by atoms with van der Waals surface area (Å²) in [4.78, 5) is 33.1. The first-order valence-corrected chi connectivity index (χ1v) is 9.29. The number of aryl methyl sites for hydroxylation is 2. The van der Waals surface area contributed by atoms with E-state index >= 15 is 0 Å². The van der Waals surface area contributed by atoms with Crippen molar-refractivity contribution in [3.63, 3.8) is 0 Å². The van der Waals surface area contributed by atoms with Crippen LogP contribution in [-0.2, 0) is 13.5 Å². The monoisotopic (exact) mass is 395 g/mol. The van der Waals surface area contributed by atoms with Crippen molar-refractivity contribution in [3.8, 4) is 0 Å². The first-order chi connectivity index (χ1) is 15.2. The van der Waals surface area contributed by atoms with Gasteiger partial charge in [-0.2, -0.15) is 4.68 Å². The molecular weight excluding hydrogens is 372 g/mol. The third-order valence-corrected chi connectivity index (χ3v) is 5.46. The minimum Gasteiger partial charge on any atom is -0.390 e. The average molecular weight is 395 g/mol. The second kappa shape index (κ2) is 6.54. The summed E-state index contributed by atoms with van der Waals surface area (Å²) in [5.74, 6) is -0.166. The maximum Gasteiger partial charge on any atom is 0.437 e. The second-order valence-electron chi connectivity index (χ2n) is 7.40. The first-order valence-electron chi connectivity index (χ1n) is 10.8. The quantitative estimate of drug-likeness (QED) is 0.522. The Morgan fingerprint density at radius 2 is 1.93 bits per heavy atom. The van der Waals surface area contributed by atoms with Crippen LogP contribution in [0.5, 0.6) is 0 Å². The fourth-order valence-electron chi connectivity index (χ4n) is 3.73. The molecule has 0 unspecified atom stereocenters. The molecule has 148 valence electrons. The van der Waals surface area contributed by atoms with Crippen molar-refractivity contribution in [3.05, 3.63) is 74.8 Å². The maximum atomic E-state index is 12.8. The first kappa shape index (κ1) is 14.5. The van der Waals surface area contributed by atoms with Crippen molar-refractivity contribution in [2.45, 2.75) is 38.3 Å². The van der Waals surface area contributed by atoms with Crippen LogP contribution in [0.1, 0.15) is 45.9 Å². The zero-order chi connectivity index (χ0) is 22.6. The maximum absolute atomic E-state index is 12.8. The lowest BCUT2D eigenvalue weighted by atomic mass is 9.76. The van der Waals surface area contributed by atoms with Crippen molar-refractivity contribution in [1.82, 2.24) is 28.9 Å². The molecule has 9 heteroatoms. The number of imidazole rings is 1. The van der Waals surface area contributed by atoms with E-state index < -0.39 is 18.3 Å². The lowest BCUT2D eigenvalue weighted by molar-refractivity contribution is 0.233. The second-order valence-corrected chi connectivity index (χ2v) is 7.40. The third-order valence-electron chi connectivity index (χ3n) is 5.46. The molecule has 1 fully saturated rings. The van der Waals surface area contributed by atoms with E-state index in [4.69, 9.17) is 8.53 Å². The molecule has 0 amide bonds. The molecule has 0 N–H and O–H groups in total. The van der Waals surface area contributed by atoms with E-state index in [2.05, 4.69) is 39.3 Å². The van der Waals surface area contributed by atoms with Gasteiger partial charge in [0.05, 0.1) is 12.4 Å². The highest BCUT2D eigenvalue weighted by Gasteiger charge is 2.34. The average Bonchev–Trinajstić information content (AvgIpc) is 3.29. The van der Waals surface area contributed by atoms with Crippen molar-refractivity contribution >= 4 is 11.2 Å². The summed E-state index contributed by atoms with van der Waals surface area (Å²) in [5, 5.41) is 4.27. The summed E-state index contributed by atoms with van der Waals surface area (Å²) in [6.07, 6.45) is 3.85. The molecule has 4 aromatic rings. The van der Waals surface area contributed by atoms with Crippen molar-refractivity contribution < 1.29 is 8.53 Å². The zero-order valence-electron chi connectivity index (χ0n) is 18.6. The summed E-state index contributed by atoms with van der Waals surface area (Å²) in [6.45, 7) is -0.676. The molecule has 3 heterocycles. The number of fused-ring (bicyclic) bond motifs is 1. The van der Waals surface area contributed by atoms with E-state index in [1.54, 1.807) is 0 Å². The highest BCUT2D eigenvalue weighted by molar-refractivity contribution is 5.68. The van der Waals surface area contributed by atoms with Crippen molar-refractivity contribution in [2.24, 2.45) is 6.98 Å². The Morgan fingerprint density at radius 1 is 1.17 bits per heavy atom. The van der Waals surface area contributed by atoms with Gasteiger partial charge in [-0.15, -0.1) is 5.10 Å². The van der Waals surface area contributed by atoms with Crippen LogP contribution in [0, 0.1) is 6.92 Å². The molecule has 1 aliphatic rings. The molecule has 0 radical (unpaired) electrons. The largest absolute Gasteiger partial charge is 0.437 e. The van der Waals surface area contributed by atoms with E-state index in [9.17, 15) is 9.59 Å². The topological polar surface area (TPSA) is 101 Å². The van der Waals surface area contributed by atoms with Gasteiger partial charge < -0.3 is 8.98 Å². The molecule has 29 heavy (non-hydrogen) atoms. The normalized spacial score (nSPS) is 20.8. The fourth-order valence-corrected chi connectivity index (χ4v) is 3.73. The Kier molecular flexibility index (Phi) is 3.27. The van der Waals surface area contributed by atoms with Gasteiger partial charge in [0.1, 0.15) is 12.9 Å². The van der Waals surface area contributed by atoms with Crippen LogP contribution in [0.25, 0.3) is 11.2 Å². The minimum absolute atomic E-state index is 0.0333. The Balaban J connectivity index is 1.37. The fraction of sp³-hybridized carbons (Fsp3) is 0.350. The minimum atomic E-state index is -2.57. The van der Waals surface area contributed by atoms with E-state index in [1.165, 1.54) is 22.1 Å². The Bertz CT molecular complexity index is 1410. The number of benzene rings is 1. The summed E-state index contributed by atoms with van der Waals surface area (Å²) in [7, 11) is 0. The predicted molar refractivity (Wildman–Crippen MR) is 105 cm³/mol. The Labute approximate surface area is 169 Å². The number of hydrogen-bond acceptors (Lipinski definition) is 6. The molecule has 1 aromatic carbocycles. The van der Waals surface area contributed by atoms with Gasteiger partial charge in [0.25, 0.3) is 5.56 Å². The molecule has 0 bridgehead atoms. The summed E-state index contributed by atoms with van der Waals surface area (Å²) in [5.41, 5.74) is 1.72. The van der Waals surface area contributed by atoms with Gasteiger partial charge in [-0.1, -0.05) is 29.8 Å².